The zero-order chi connectivity index (χ0) is 7.28. The van der Waals surface area contributed by atoms with Crippen molar-refractivity contribution in [2.75, 3.05) is 6.54 Å². The van der Waals surface area contributed by atoms with Gasteiger partial charge in [0, 0.05) is 0 Å². The van der Waals surface area contributed by atoms with E-state index in [1.165, 1.54) is 12.8 Å². The second kappa shape index (κ2) is 4.80. The number of hydrogen-bond donors (Lipinski definition) is 1. The highest BCUT2D eigenvalue weighted by Gasteiger charge is 2.03. The van der Waals surface area contributed by atoms with E-state index in [1.54, 1.807) is 0 Å². The van der Waals surface area contributed by atoms with E-state index in [2.05, 4.69) is 20.8 Å². The van der Waals surface area contributed by atoms with E-state index in [1.807, 2.05) is 0 Å². The van der Waals surface area contributed by atoms with Gasteiger partial charge in [0.25, 0.3) is 0 Å². The molecule has 0 aliphatic heterocycles. The lowest BCUT2D eigenvalue weighted by Crippen LogP contribution is -2.13. The Morgan fingerprint density at radius 2 is 1.78 bits per heavy atom. The molecule has 0 aromatic carbocycles. The lowest BCUT2D eigenvalue weighted by molar-refractivity contribution is 0.412. The van der Waals surface area contributed by atoms with Gasteiger partial charge in [-0.2, -0.15) is 0 Å². The predicted molar refractivity (Wildman–Crippen MR) is 42.3 cm³/mol. The highest BCUT2D eigenvalue weighted by Crippen LogP contribution is 2.12. The van der Waals surface area contributed by atoms with Crippen molar-refractivity contribution in [3.63, 3.8) is 0 Å². The molecule has 0 radical (unpaired) electrons. The third kappa shape index (κ3) is 4.46. The van der Waals surface area contributed by atoms with Crippen molar-refractivity contribution in [2.45, 2.75) is 33.6 Å². The Balaban J connectivity index is 3.22. The normalized spacial score (nSPS) is 17.3. The highest BCUT2D eigenvalue weighted by molar-refractivity contribution is 4.57. The van der Waals surface area contributed by atoms with Crippen LogP contribution < -0.4 is 5.73 Å². The third-order valence-corrected chi connectivity index (χ3v) is 1.90. The average molecular weight is 129 g/mol. The van der Waals surface area contributed by atoms with Gasteiger partial charge in [-0.25, -0.2) is 0 Å². The van der Waals surface area contributed by atoms with Crippen LogP contribution in [0.5, 0.6) is 0 Å². The molecule has 0 saturated carbocycles. The minimum atomic E-state index is 0.708. The molecule has 1 heteroatoms. The summed E-state index contributed by atoms with van der Waals surface area (Å²) in [6.45, 7) is 7.57. The van der Waals surface area contributed by atoms with Crippen LogP contribution in [0, 0.1) is 11.8 Å². The standard InChI is InChI=1S/C8H19N/c1-4-7(2)5-8(3)6-9/h7-8H,4-6,9H2,1-3H3. The molecule has 0 aliphatic carbocycles. The maximum atomic E-state index is 5.48. The molecule has 0 fully saturated rings. The summed E-state index contributed by atoms with van der Waals surface area (Å²) in [6, 6.07) is 0. The van der Waals surface area contributed by atoms with Crippen molar-refractivity contribution >= 4 is 0 Å². The zero-order valence-electron chi connectivity index (χ0n) is 6.85. The van der Waals surface area contributed by atoms with Crippen LogP contribution in [0.1, 0.15) is 33.6 Å². The van der Waals surface area contributed by atoms with Crippen molar-refractivity contribution in [1.29, 1.82) is 0 Å². The van der Waals surface area contributed by atoms with Gasteiger partial charge in [-0.3, -0.25) is 0 Å². The predicted octanol–water partition coefficient (Wildman–Crippen LogP) is 2.02. The quantitative estimate of drug-likeness (QED) is 0.617. The van der Waals surface area contributed by atoms with Crippen molar-refractivity contribution in [3.8, 4) is 0 Å². The van der Waals surface area contributed by atoms with Crippen LogP contribution >= 0.6 is 0 Å². The van der Waals surface area contributed by atoms with Crippen LogP contribution in [0.25, 0.3) is 0 Å². The maximum absolute atomic E-state index is 5.48. The summed E-state index contributed by atoms with van der Waals surface area (Å²) in [7, 11) is 0. The molecule has 1 nitrogen and oxygen atoms in total. The van der Waals surface area contributed by atoms with E-state index in [0.717, 1.165) is 12.5 Å². The molecule has 56 valence electrons. The second-order valence-electron chi connectivity index (χ2n) is 3.09. The SMILES string of the molecule is CCC(C)CC(C)CN. The fourth-order valence-corrected chi connectivity index (χ4v) is 0.950. The molecular weight excluding hydrogens is 110 g/mol. The van der Waals surface area contributed by atoms with Gasteiger partial charge in [-0.1, -0.05) is 27.2 Å². The van der Waals surface area contributed by atoms with Crippen LogP contribution in [0.3, 0.4) is 0 Å². The number of hydrogen-bond acceptors (Lipinski definition) is 1. The van der Waals surface area contributed by atoms with Gasteiger partial charge in [-0.15, -0.1) is 0 Å². The van der Waals surface area contributed by atoms with Gasteiger partial charge in [0.05, 0.1) is 0 Å². The molecule has 0 amide bonds. The molecule has 2 N–H and O–H groups in total. The molecule has 0 heterocycles. The van der Waals surface area contributed by atoms with Crippen LogP contribution in [-0.2, 0) is 0 Å². The molecule has 0 rings (SSSR count). The van der Waals surface area contributed by atoms with Gasteiger partial charge >= 0.3 is 0 Å². The fraction of sp³-hybridized carbons (Fsp3) is 1.00. The topological polar surface area (TPSA) is 26.0 Å². The van der Waals surface area contributed by atoms with Gasteiger partial charge in [0.2, 0.25) is 0 Å². The largest absolute Gasteiger partial charge is 0.330 e. The smallest absolute Gasteiger partial charge is 0.00514 e. The first-order chi connectivity index (χ1) is 4.20. The van der Waals surface area contributed by atoms with Crippen molar-refractivity contribution in [1.82, 2.24) is 0 Å². The van der Waals surface area contributed by atoms with Crippen LogP contribution in [0.4, 0.5) is 0 Å². The first kappa shape index (κ1) is 8.96. The maximum Gasteiger partial charge on any atom is -0.00514 e. The van der Waals surface area contributed by atoms with E-state index in [9.17, 15) is 0 Å². The Hall–Kier alpha value is -0.0400. The molecule has 2 atom stereocenters. The third-order valence-electron chi connectivity index (χ3n) is 1.90. The summed E-state index contributed by atoms with van der Waals surface area (Å²) in [5.74, 6) is 1.56. The monoisotopic (exact) mass is 129 g/mol. The average Bonchev–Trinajstić information content (AvgIpc) is 1.87. The van der Waals surface area contributed by atoms with E-state index >= 15 is 0 Å². The number of rotatable bonds is 4. The first-order valence-corrected chi connectivity index (χ1v) is 3.90. The molecule has 0 aromatic heterocycles. The van der Waals surface area contributed by atoms with Crippen LogP contribution in [0.15, 0.2) is 0 Å². The summed E-state index contributed by atoms with van der Waals surface area (Å²) in [4.78, 5) is 0. The molecule has 0 saturated heterocycles. The Morgan fingerprint density at radius 3 is 2.11 bits per heavy atom. The lowest BCUT2D eigenvalue weighted by Gasteiger charge is -2.12. The second-order valence-corrected chi connectivity index (χ2v) is 3.09. The first-order valence-electron chi connectivity index (χ1n) is 3.90. The fourth-order valence-electron chi connectivity index (χ4n) is 0.950. The Morgan fingerprint density at radius 1 is 1.22 bits per heavy atom. The Labute approximate surface area is 58.6 Å². The molecule has 0 aromatic rings. The van der Waals surface area contributed by atoms with Gasteiger partial charge < -0.3 is 5.73 Å². The molecular formula is C8H19N. The summed E-state index contributed by atoms with van der Waals surface area (Å²) in [6.07, 6.45) is 2.57. The molecule has 0 aliphatic rings. The van der Waals surface area contributed by atoms with E-state index in [-0.39, 0.29) is 0 Å². The summed E-state index contributed by atoms with van der Waals surface area (Å²) in [5.41, 5.74) is 5.48. The van der Waals surface area contributed by atoms with E-state index in [4.69, 9.17) is 5.73 Å². The molecule has 9 heavy (non-hydrogen) atoms. The molecule has 0 spiro atoms. The molecule has 2 unspecified atom stereocenters. The van der Waals surface area contributed by atoms with Gasteiger partial charge in [-0.05, 0) is 24.8 Å². The lowest BCUT2D eigenvalue weighted by atomic mass is 9.96. The minimum Gasteiger partial charge on any atom is -0.330 e. The van der Waals surface area contributed by atoms with Gasteiger partial charge in [0.15, 0.2) is 0 Å². The highest BCUT2D eigenvalue weighted by atomic mass is 14.5. The van der Waals surface area contributed by atoms with Crippen molar-refractivity contribution in [2.24, 2.45) is 17.6 Å². The van der Waals surface area contributed by atoms with E-state index in [0.29, 0.717) is 5.92 Å². The summed E-state index contributed by atoms with van der Waals surface area (Å²) >= 11 is 0. The van der Waals surface area contributed by atoms with Crippen LogP contribution in [-0.4, -0.2) is 6.54 Å². The Kier molecular flexibility index (Phi) is 4.78. The molecule has 0 bridgehead atoms. The summed E-state index contributed by atoms with van der Waals surface area (Å²) < 4.78 is 0. The van der Waals surface area contributed by atoms with E-state index < -0.39 is 0 Å². The van der Waals surface area contributed by atoms with Crippen LogP contribution in [0.2, 0.25) is 0 Å². The van der Waals surface area contributed by atoms with Crippen molar-refractivity contribution < 1.29 is 0 Å². The number of nitrogens with two attached hydrogens (primary N) is 1. The Bertz CT molecular complexity index is 53.6. The zero-order valence-corrected chi connectivity index (χ0v) is 6.85. The van der Waals surface area contributed by atoms with Crippen molar-refractivity contribution in [3.05, 3.63) is 0 Å². The van der Waals surface area contributed by atoms with Gasteiger partial charge in [0.1, 0.15) is 0 Å². The minimum absolute atomic E-state index is 0.708. The summed E-state index contributed by atoms with van der Waals surface area (Å²) in [5, 5.41) is 0.